The van der Waals surface area contributed by atoms with Crippen molar-refractivity contribution in [3.8, 4) is 22.5 Å². The van der Waals surface area contributed by atoms with Crippen LogP contribution in [-0.4, -0.2) is 57.1 Å². The van der Waals surface area contributed by atoms with Gasteiger partial charge in [0.15, 0.2) is 0 Å². The van der Waals surface area contributed by atoms with Crippen LogP contribution in [0.3, 0.4) is 0 Å². The summed E-state index contributed by atoms with van der Waals surface area (Å²) in [6.45, 7) is 2.88. The molecule has 0 fully saturated rings. The number of aryl methyl sites for hydroxylation is 1. The van der Waals surface area contributed by atoms with Gasteiger partial charge in [0.2, 0.25) is 0 Å². The maximum atomic E-state index is 9.59. The second-order valence-electron chi connectivity index (χ2n) is 6.42. The molecule has 0 radical (unpaired) electrons. The lowest BCUT2D eigenvalue weighted by Crippen LogP contribution is -2.19. The summed E-state index contributed by atoms with van der Waals surface area (Å²) in [4.78, 5) is 4.82. The van der Waals surface area contributed by atoms with Gasteiger partial charge in [-0.15, -0.1) is 0 Å². The lowest BCUT2D eigenvalue weighted by molar-refractivity contribution is 0.0783. The third-order valence-electron chi connectivity index (χ3n) is 4.29. The summed E-state index contributed by atoms with van der Waals surface area (Å²) < 4.78 is 5.28. The van der Waals surface area contributed by atoms with Gasteiger partial charge >= 0.3 is 0 Å². The Morgan fingerprint density at radius 1 is 1.04 bits per heavy atom. The van der Waals surface area contributed by atoms with E-state index >= 15 is 0 Å². The summed E-state index contributed by atoms with van der Waals surface area (Å²) in [5.74, 6) is 0. The smallest absolute Gasteiger partial charge is 0.0999 e. The van der Waals surface area contributed by atoms with Crippen molar-refractivity contribution in [2.24, 2.45) is 0 Å². The van der Waals surface area contributed by atoms with Crippen molar-refractivity contribution in [2.45, 2.75) is 32.5 Å². The number of hydrogen-bond donors (Lipinski definition) is 2. The van der Waals surface area contributed by atoms with Crippen molar-refractivity contribution < 1.29 is 10.2 Å². The summed E-state index contributed by atoms with van der Waals surface area (Å²) >= 11 is 0. The van der Waals surface area contributed by atoms with Gasteiger partial charge in [-0.05, 0) is 12.5 Å². The van der Waals surface area contributed by atoms with E-state index in [1.54, 1.807) is 27.8 Å². The molecule has 0 aliphatic heterocycles. The molecule has 0 bridgehead atoms. The first kappa shape index (κ1) is 17.4. The molecular formula is C18H21N7O2. The SMILES string of the molecule is CCCn1cc(-c2nc(-c3cnn(C[C@@H](O)CO)c3)cn3nccc23)cn1. The minimum Gasteiger partial charge on any atom is -0.394 e. The molecule has 0 saturated carbocycles. The van der Waals surface area contributed by atoms with Gasteiger partial charge in [0, 0.05) is 30.1 Å². The van der Waals surface area contributed by atoms with E-state index < -0.39 is 6.10 Å². The van der Waals surface area contributed by atoms with Crippen LogP contribution in [0.5, 0.6) is 0 Å². The Morgan fingerprint density at radius 3 is 2.63 bits per heavy atom. The van der Waals surface area contributed by atoms with Crippen LogP contribution in [0.1, 0.15) is 13.3 Å². The highest BCUT2D eigenvalue weighted by atomic mass is 16.3. The fraction of sp³-hybridized carbons (Fsp3) is 0.333. The fourth-order valence-corrected chi connectivity index (χ4v) is 2.99. The van der Waals surface area contributed by atoms with E-state index in [0.717, 1.165) is 35.3 Å². The van der Waals surface area contributed by atoms with Crippen molar-refractivity contribution in [3.05, 3.63) is 43.2 Å². The summed E-state index contributed by atoms with van der Waals surface area (Å²) in [5, 5.41) is 31.6. The summed E-state index contributed by atoms with van der Waals surface area (Å²) in [6, 6.07) is 1.92. The van der Waals surface area contributed by atoms with Crippen LogP contribution in [0.15, 0.2) is 43.2 Å². The Hall–Kier alpha value is -3.04. The second kappa shape index (κ2) is 7.29. The van der Waals surface area contributed by atoms with Crippen molar-refractivity contribution in [2.75, 3.05) is 6.61 Å². The van der Waals surface area contributed by atoms with E-state index in [0.29, 0.717) is 5.69 Å². The van der Waals surface area contributed by atoms with E-state index in [9.17, 15) is 5.11 Å². The molecule has 9 heteroatoms. The fourth-order valence-electron chi connectivity index (χ4n) is 2.99. The van der Waals surface area contributed by atoms with Crippen LogP contribution in [-0.2, 0) is 13.1 Å². The summed E-state index contributed by atoms with van der Waals surface area (Å²) in [7, 11) is 0. The lowest BCUT2D eigenvalue weighted by Gasteiger charge is -2.06. The first-order chi connectivity index (χ1) is 13.2. The van der Waals surface area contributed by atoms with Crippen LogP contribution >= 0.6 is 0 Å². The largest absolute Gasteiger partial charge is 0.394 e. The molecule has 4 aromatic rings. The zero-order valence-electron chi connectivity index (χ0n) is 15.0. The third-order valence-corrected chi connectivity index (χ3v) is 4.29. The zero-order chi connectivity index (χ0) is 18.8. The van der Waals surface area contributed by atoms with Gasteiger partial charge in [0.1, 0.15) is 0 Å². The van der Waals surface area contributed by atoms with Crippen LogP contribution in [0.4, 0.5) is 0 Å². The van der Waals surface area contributed by atoms with Crippen molar-refractivity contribution in [3.63, 3.8) is 0 Å². The maximum Gasteiger partial charge on any atom is 0.0999 e. The lowest BCUT2D eigenvalue weighted by atomic mass is 10.2. The molecule has 0 spiro atoms. The molecule has 1 atom stereocenters. The van der Waals surface area contributed by atoms with Crippen LogP contribution in [0.25, 0.3) is 28.0 Å². The highest BCUT2D eigenvalue weighted by molar-refractivity contribution is 5.78. The molecule has 4 heterocycles. The Bertz CT molecular complexity index is 1050. The number of nitrogens with zero attached hydrogens (tertiary/aromatic N) is 7. The van der Waals surface area contributed by atoms with Gasteiger partial charge in [0.05, 0.1) is 60.9 Å². The number of aromatic nitrogens is 7. The first-order valence-electron chi connectivity index (χ1n) is 8.87. The number of aliphatic hydroxyl groups is 2. The normalized spacial score (nSPS) is 12.7. The number of fused-ring (bicyclic) bond motifs is 1. The van der Waals surface area contributed by atoms with Crippen LogP contribution < -0.4 is 0 Å². The van der Waals surface area contributed by atoms with Gasteiger partial charge in [-0.1, -0.05) is 6.92 Å². The van der Waals surface area contributed by atoms with E-state index in [2.05, 4.69) is 22.2 Å². The first-order valence-corrected chi connectivity index (χ1v) is 8.87. The van der Waals surface area contributed by atoms with Gasteiger partial charge < -0.3 is 10.2 Å². The molecule has 27 heavy (non-hydrogen) atoms. The average molecular weight is 367 g/mol. The van der Waals surface area contributed by atoms with E-state index in [1.807, 2.05) is 29.3 Å². The third kappa shape index (κ3) is 3.46. The van der Waals surface area contributed by atoms with Crippen molar-refractivity contribution >= 4 is 5.52 Å². The summed E-state index contributed by atoms with van der Waals surface area (Å²) in [5.41, 5.74) is 4.15. The molecule has 0 unspecified atom stereocenters. The molecule has 4 rings (SSSR count). The molecule has 2 N–H and O–H groups in total. The quantitative estimate of drug-likeness (QED) is 0.509. The molecule has 9 nitrogen and oxygen atoms in total. The number of hydrogen-bond acceptors (Lipinski definition) is 6. The minimum absolute atomic E-state index is 0.219. The Kier molecular flexibility index (Phi) is 4.69. The van der Waals surface area contributed by atoms with Crippen LogP contribution in [0, 0.1) is 0 Å². The van der Waals surface area contributed by atoms with Gasteiger partial charge in [-0.25, -0.2) is 9.50 Å². The second-order valence-corrected chi connectivity index (χ2v) is 6.42. The predicted molar refractivity (Wildman–Crippen MR) is 98.8 cm³/mol. The van der Waals surface area contributed by atoms with Crippen molar-refractivity contribution in [1.82, 2.24) is 34.2 Å². The van der Waals surface area contributed by atoms with Gasteiger partial charge in [-0.3, -0.25) is 9.36 Å². The Labute approximate surface area is 155 Å². The van der Waals surface area contributed by atoms with Gasteiger partial charge in [-0.2, -0.15) is 15.3 Å². The topological polar surface area (TPSA) is 106 Å². The minimum atomic E-state index is -0.848. The van der Waals surface area contributed by atoms with E-state index in [-0.39, 0.29) is 13.2 Å². The van der Waals surface area contributed by atoms with E-state index in [1.165, 1.54) is 0 Å². The molecular weight excluding hydrogens is 346 g/mol. The highest BCUT2D eigenvalue weighted by Gasteiger charge is 2.14. The monoisotopic (exact) mass is 367 g/mol. The number of aliphatic hydroxyl groups excluding tert-OH is 2. The summed E-state index contributed by atoms with van der Waals surface area (Å²) in [6.07, 6.45) is 11.0. The molecule has 4 aromatic heterocycles. The molecule has 140 valence electrons. The number of rotatable bonds is 7. The predicted octanol–water partition coefficient (Wildman–Crippen LogP) is 1.22. The Balaban J connectivity index is 1.74. The zero-order valence-corrected chi connectivity index (χ0v) is 15.0. The molecule has 0 aliphatic rings. The molecule has 0 saturated heterocycles. The highest BCUT2D eigenvalue weighted by Crippen LogP contribution is 2.26. The molecule has 0 aliphatic carbocycles. The van der Waals surface area contributed by atoms with E-state index in [4.69, 9.17) is 10.1 Å². The average Bonchev–Trinajstić information content (AvgIpc) is 3.41. The van der Waals surface area contributed by atoms with Crippen LogP contribution in [0.2, 0.25) is 0 Å². The van der Waals surface area contributed by atoms with Gasteiger partial charge in [0.25, 0.3) is 0 Å². The maximum absolute atomic E-state index is 9.59. The molecule has 0 aromatic carbocycles. The standard InChI is InChI=1S/C18H21N7O2/c1-2-5-23-9-14(7-20-23)18-17-3-4-19-25(17)11-16(22-18)13-6-21-24(8-13)10-15(27)12-26/h3-4,6-9,11,15,26-27H,2,5,10,12H2,1H3/t15-/m1/s1. The Morgan fingerprint density at radius 2 is 1.81 bits per heavy atom. The molecule has 0 amide bonds. The van der Waals surface area contributed by atoms with Crippen molar-refractivity contribution in [1.29, 1.82) is 0 Å².